The molecule has 3 rings (SSSR count). The van der Waals surface area contributed by atoms with E-state index in [9.17, 15) is 9.59 Å². The zero-order valence-electron chi connectivity index (χ0n) is 12.1. The first-order valence-corrected chi connectivity index (χ1v) is 7.30. The Bertz CT molecular complexity index is 677. The lowest BCUT2D eigenvalue weighted by Crippen LogP contribution is -2.28. The van der Waals surface area contributed by atoms with Gasteiger partial charge in [0.1, 0.15) is 0 Å². The van der Waals surface area contributed by atoms with Crippen molar-refractivity contribution in [3.63, 3.8) is 0 Å². The molecule has 1 N–H and O–H groups in total. The number of rotatable bonds is 4. The molecule has 1 fully saturated rings. The maximum atomic E-state index is 12.3. The highest BCUT2D eigenvalue weighted by Gasteiger charge is 2.29. The van der Waals surface area contributed by atoms with E-state index < -0.39 is 5.97 Å². The first-order chi connectivity index (χ1) is 10.6. The van der Waals surface area contributed by atoms with Crippen LogP contribution in [-0.4, -0.2) is 35.0 Å². The van der Waals surface area contributed by atoms with Gasteiger partial charge in [-0.05, 0) is 36.5 Å². The van der Waals surface area contributed by atoms with Gasteiger partial charge < -0.3 is 14.4 Å². The molecule has 1 aromatic carbocycles. The molecule has 1 aliphatic rings. The van der Waals surface area contributed by atoms with Gasteiger partial charge in [0.15, 0.2) is 5.76 Å². The molecule has 0 aliphatic carbocycles. The molecular weight excluding hydrogens is 282 g/mol. The second-order valence-corrected chi connectivity index (χ2v) is 5.56. The van der Waals surface area contributed by atoms with Crippen LogP contribution in [-0.2, 0) is 6.42 Å². The number of carboxylic acids is 1. The van der Waals surface area contributed by atoms with Gasteiger partial charge in [-0.2, -0.15) is 0 Å². The first kappa shape index (κ1) is 14.4. The molecule has 0 bridgehead atoms. The van der Waals surface area contributed by atoms with E-state index in [1.807, 2.05) is 18.2 Å². The lowest BCUT2D eigenvalue weighted by molar-refractivity contribution is 0.0653. The van der Waals surface area contributed by atoms with Crippen molar-refractivity contribution < 1.29 is 19.1 Å². The number of hydrogen-bond donors (Lipinski definition) is 1. The Morgan fingerprint density at radius 2 is 1.86 bits per heavy atom. The largest absolute Gasteiger partial charge is 0.475 e. The molecular formula is C17H17NO4. The van der Waals surface area contributed by atoms with Gasteiger partial charge in [-0.3, -0.25) is 4.79 Å². The fraction of sp³-hybridized carbons (Fsp3) is 0.294. The SMILES string of the molecule is O=C(O)c1ccc(C(=O)N2CCC(Cc3ccccc3)C2)o1. The predicted molar refractivity (Wildman–Crippen MR) is 79.8 cm³/mol. The van der Waals surface area contributed by atoms with Gasteiger partial charge in [0.25, 0.3) is 5.91 Å². The molecule has 1 amide bonds. The topological polar surface area (TPSA) is 70.8 Å². The number of aromatic carboxylic acids is 1. The molecule has 1 unspecified atom stereocenters. The van der Waals surface area contributed by atoms with Gasteiger partial charge in [0.2, 0.25) is 5.76 Å². The minimum atomic E-state index is -1.16. The van der Waals surface area contributed by atoms with Crippen molar-refractivity contribution in [2.75, 3.05) is 13.1 Å². The standard InChI is InChI=1S/C17H17NO4/c19-16(14-6-7-15(22-14)17(20)21)18-9-8-13(11-18)10-12-4-2-1-3-5-12/h1-7,13H,8-11H2,(H,20,21). The van der Waals surface area contributed by atoms with Gasteiger partial charge in [0, 0.05) is 13.1 Å². The Hall–Kier alpha value is -2.56. The number of hydrogen-bond acceptors (Lipinski definition) is 3. The molecule has 0 saturated carbocycles. The molecule has 5 nitrogen and oxygen atoms in total. The summed E-state index contributed by atoms with van der Waals surface area (Å²) in [5, 5.41) is 8.83. The number of furan rings is 1. The summed E-state index contributed by atoms with van der Waals surface area (Å²) in [6.45, 7) is 1.36. The molecule has 1 atom stereocenters. The van der Waals surface area contributed by atoms with E-state index in [-0.39, 0.29) is 17.4 Å². The van der Waals surface area contributed by atoms with Crippen LogP contribution in [0.1, 0.15) is 33.1 Å². The summed E-state index contributed by atoms with van der Waals surface area (Å²) < 4.78 is 5.08. The first-order valence-electron chi connectivity index (χ1n) is 7.30. The highest BCUT2D eigenvalue weighted by atomic mass is 16.4. The van der Waals surface area contributed by atoms with Crippen molar-refractivity contribution >= 4 is 11.9 Å². The number of likely N-dealkylation sites (tertiary alicyclic amines) is 1. The van der Waals surface area contributed by atoms with Crippen LogP contribution in [0.5, 0.6) is 0 Å². The van der Waals surface area contributed by atoms with Crippen molar-refractivity contribution in [2.45, 2.75) is 12.8 Å². The third kappa shape index (κ3) is 3.03. The van der Waals surface area contributed by atoms with E-state index >= 15 is 0 Å². The van der Waals surface area contributed by atoms with Gasteiger partial charge >= 0.3 is 5.97 Å². The summed E-state index contributed by atoms with van der Waals surface area (Å²) in [5.74, 6) is -1.08. The summed E-state index contributed by atoms with van der Waals surface area (Å²) in [6.07, 6.45) is 1.90. The molecule has 2 aromatic rings. The summed E-state index contributed by atoms with van der Waals surface area (Å²) >= 11 is 0. The average Bonchev–Trinajstić information content (AvgIpc) is 3.17. The van der Waals surface area contributed by atoms with E-state index in [0.29, 0.717) is 19.0 Å². The summed E-state index contributed by atoms with van der Waals surface area (Å²) in [4.78, 5) is 24.8. The molecule has 1 saturated heterocycles. The Labute approximate surface area is 128 Å². The zero-order valence-corrected chi connectivity index (χ0v) is 12.1. The number of nitrogens with zero attached hydrogens (tertiary/aromatic N) is 1. The highest BCUT2D eigenvalue weighted by Crippen LogP contribution is 2.23. The lowest BCUT2D eigenvalue weighted by atomic mass is 9.99. The second kappa shape index (κ2) is 6.05. The molecule has 1 aromatic heterocycles. The van der Waals surface area contributed by atoms with Crippen LogP contribution in [0.25, 0.3) is 0 Å². The lowest BCUT2D eigenvalue weighted by Gasteiger charge is -2.15. The number of carbonyl (C=O) groups is 2. The Morgan fingerprint density at radius 1 is 1.14 bits per heavy atom. The fourth-order valence-corrected chi connectivity index (χ4v) is 2.85. The molecule has 114 valence electrons. The number of carbonyl (C=O) groups excluding carboxylic acids is 1. The maximum absolute atomic E-state index is 12.3. The van der Waals surface area contributed by atoms with Crippen molar-refractivity contribution in [3.8, 4) is 0 Å². The van der Waals surface area contributed by atoms with Crippen molar-refractivity contribution in [2.24, 2.45) is 5.92 Å². The average molecular weight is 299 g/mol. The molecule has 1 aliphatic heterocycles. The zero-order chi connectivity index (χ0) is 15.5. The molecule has 2 heterocycles. The maximum Gasteiger partial charge on any atom is 0.371 e. The van der Waals surface area contributed by atoms with Gasteiger partial charge in [-0.1, -0.05) is 30.3 Å². The molecule has 22 heavy (non-hydrogen) atoms. The van der Waals surface area contributed by atoms with E-state index in [0.717, 1.165) is 12.8 Å². The Morgan fingerprint density at radius 3 is 2.55 bits per heavy atom. The normalized spacial score (nSPS) is 17.6. The number of carboxylic acid groups (broad SMARTS) is 1. The van der Waals surface area contributed by atoms with Gasteiger partial charge in [-0.25, -0.2) is 4.79 Å². The highest BCUT2D eigenvalue weighted by molar-refractivity contribution is 5.93. The van der Waals surface area contributed by atoms with Crippen LogP contribution in [0.15, 0.2) is 46.9 Å². The van der Waals surface area contributed by atoms with Crippen LogP contribution in [0.3, 0.4) is 0 Å². The molecule has 5 heteroatoms. The van der Waals surface area contributed by atoms with Crippen LogP contribution < -0.4 is 0 Å². The summed E-state index contributed by atoms with van der Waals surface area (Å²) in [5.41, 5.74) is 1.27. The van der Waals surface area contributed by atoms with Crippen molar-refractivity contribution in [1.29, 1.82) is 0 Å². The third-order valence-corrected chi connectivity index (χ3v) is 3.97. The number of amides is 1. The van der Waals surface area contributed by atoms with E-state index in [4.69, 9.17) is 9.52 Å². The summed E-state index contributed by atoms with van der Waals surface area (Å²) in [7, 11) is 0. The van der Waals surface area contributed by atoms with E-state index in [2.05, 4.69) is 12.1 Å². The Balaban J connectivity index is 1.62. The Kier molecular flexibility index (Phi) is 3.96. The smallest absolute Gasteiger partial charge is 0.371 e. The van der Waals surface area contributed by atoms with Gasteiger partial charge in [0.05, 0.1) is 0 Å². The minimum Gasteiger partial charge on any atom is -0.475 e. The minimum absolute atomic E-state index is 0.0951. The molecule has 0 radical (unpaired) electrons. The fourth-order valence-electron chi connectivity index (χ4n) is 2.85. The number of benzene rings is 1. The molecule has 0 spiro atoms. The predicted octanol–water partition coefficient (Wildman–Crippen LogP) is 2.68. The van der Waals surface area contributed by atoms with Crippen molar-refractivity contribution in [1.82, 2.24) is 4.90 Å². The van der Waals surface area contributed by atoms with Crippen LogP contribution >= 0.6 is 0 Å². The second-order valence-electron chi connectivity index (χ2n) is 5.56. The summed E-state index contributed by atoms with van der Waals surface area (Å²) in [6, 6.07) is 13.0. The van der Waals surface area contributed by atoms with Crippen LogP contribution in [0, 0.1) is 5.92 Å². The quantitative estimate of drug-likeness (QED) is 0.942. The van der Waals surface area contributed by atoms with Crippen molar-refractivity contribution in [3.05, 3.63) is 59.5 Å². The van der Waals surface area contributed by atoms with E-state index in [1.165, 1.54) is 17.7 Å². The monoisotopic (exact) mass is 299 g/mol. The third-order valence-electron chi connectivity index (χ3n) is 3.97. The van der Waals surface area contributed by atoms with Crippen LogP contribution in [0.4, 0.5) is 0 Å². The van der Waals surface area contributed by atoms with E-state index in [1.54, 1.807) is 4.90 Å². The van der Waals surface area contributed by atoms with Crippen LogP contribution in [0.2, 0.25) is 0 Å². The van der Waals surface area contributed by atoms with Gasteiger partial charge in [-0.15, -0.1) is 0 Å².